The molecule has 5 heteroatoms. The van der Waals surface area contributed by atoms with E-state index in [9.17, 15) is 9.59 Å². The zero-order chi connectivity index (χ0) is 16.1. The van der Waals surface area contributed by atoms with Crippen molar-refractivity contribution in [3.63, 3.8) is 0 Å². The second-order valence-corrected chi connectivity index (χ2v) is 4.74. The molecular weight excluding hydrogens is 282 g/mol. The first-order chi connectivity index (χ1) is 10.6. The van der Waals surface area contributed by atoms with Gasteiger partial charge in [-0.05, 0) is 38.1 Å². The van der Waals surface area contributed by atoms with E-state index >= 15 is 0 Å². The molecule has 0 unspecified atom stereocenters. The summed E-state index contributed by atoms with van der Waals surface area (Å²) in [5.74, 6) is -0.517. The second-order valence-electron chi connectivity index (χ2n) is 4.74. The summed E-state index contributed by atoms with van der Waals surface area (Å²) >= 11 is 0. The third kappa shape index (κ3) is 3.36. The molecule has 0 N–H and O–H groups in total. The number of hydrogen-bond donors (Lipinski definition) is 0. The quantitative estimate of drug-likeness (QED) is 0.483. The largest absolute Gasteiger partial charge is 0.466 e. The van der Waals surface area contributed by atoms with E-state index in [4.69, 9.17) is 4.42 Å². The van der Waals surface area contributed by atoms with E-state index in [-0.39, 0.29) is 0 Å². The molecular formula is C17H19NO4. The average molecular weight is 301 g/mol. The van der Waals surface area contributed by atoms with Gasteiger partial charge in [-0.25, -0.2) is 9.59 Å². The number of hydrogen-bond acceptors (Lipinski definition) is 5. The fraction of sp³-hybridized carbons (Fsp3) is 0.294. The van der Waals surface area contributed by atoms with Crippen LogP contribution in [0.2, 0.25) is 0 Å². The minimum Gasteiger partial charge on any atom is -0.466 e. The van der Waals surface area contributed by atoms with Crippen molar-refractivity contribution in [3.05, 3.63) is 46.3 Å². The number of esters is 1. The molecule has 0 radical (unpaired) electrons. The van der Waals surface area contributed by atoms with Crippen LogP contribution >= 0.6 is 0 Å². The van der Waals surface area contributed by atoms with Crippen LogP contribution in [0.3, 0.4) is 0 Å². The molecule has 116 valence electrons. The van der Waals surface area contributed by atoms with Crippen molar-refractivity contribution < 1.29 is 13.9 Å². The molecule has 5 nitrogen and oxygen atoms in total. The molecule has 0 saturated heterocycles. The van der Waals surface area contributed by atoms with E-state index < -0.39 is 11.6 Å². The Morgan fingerprint density at radius 1 is 1.27 bits per heavy atom. The Bertz CT molecular complexity index is 757. The highest BCUT2D eigenvalue weighted by Crippen LogP contribution is 2.22. The van der Waals surface area contributed by atoms with Gasteiger partial charge in [0.05, 0.1) is 12.7 Å². The predicted molar refractivity (Wildman–Crippen MR) is 87.1 cm³/mol. The molecule has 0 spiro atoms. The standard InChI is InChI=1S/C17H19NO4/c1-4-18(5-2)14-8-6-12-10-13(7-9-16(19)21-3)17(20)22-15(12)11-14/h6-11H,4-5H2,1-3H3/b9-7+. The highest BCUT2D eigenvalue weighted by atomic mass is 16.5. The zero-order valence-corrected chi connectivity index (χ0v) is 13.0. The Hall–Kier alpha value is -2.56. The molecule has 0 aliphatic carbocycles. The molecule has 0 aliphatic heterocycles. The van der Waals surface area contributed by atoms with Gasteiger partial charge in [0.15, 0.2) is 0 Å². The molecule has 0 aliphatic rings. The number of carbonyl (C=O) groups is 1. The topological polar surface area (TPSA) is 59.8 Å². The molecule has 1 heterocycles. The minimum absolute atomic E-state index is 0.313. The van der Waals surface area contributed by atoms with Gasteiger partial charge in [-0.15, -0.1) is 0 Å². The molecule has 1 aromatic carbocycles. The summed E-state index contributed by atoms with van der Waals surface area (Å²) in [5, 5.41) is 0.806. The number of benzene rings is 1. The van der Waals surface area contributed by atoms with Gasteiger partial charge in [0.2, 0.25) is 0 Å². The summed E-state index contributed by atoms with van der Waals surface area (Å²) in [5.41, 5.74) is 1.38. The van der Waals surface area contributed by atoms with E-state index in [0.717, 1.165) is 24.2 Å². The molecule has 0 saturated carbocycles. The lowest BCUT2D eigenvalue weighted by Crippen LogP contribution is -2.21. The van der Waals surface area contributed by atoms with E-state index in [0.29, 0.717) is 11.1 Å². The number of rotatable bonds is 5. The van der Waals surface area contributed by atoms with Gasteiger partial charge in [0.25, 0.3) is 0 Å². The summed E-state index contributed by atoms with van der Waals surface area (Å²) in [7, 11) is 1.28. The maximum absolute atomic E-state index is 12.0. The Balaban J connectivity index is 2.44. The van der Waals surface area contributed by atoms with E-state index in [1.807, 2.05) is 18.2 Å². The van der Waals surface area contributed by atoms with E-state index in [1.54, 1.807) is 6.07 Å². The van der Waals surface area contributed by atoms with Crippen molar-refractivity contribution >= 4 is 28.7 Å². The van der Waals surface area contributed by atoms with Gasteiger partial charge in [0.1, 0.15) is 5.58 Å². The first-order valence-corrected chi connectivity index (χ1v) is 7.18. The summed E-state index contributed by atoms with van der Waals surface area (Å²) in [6.45, 7) is 5.91. The minimum atomic E-state index is -0.517. The third-order valence-corrected chi connectivity index (χ3v) is 3.48. The smallest absolute Gasteiger partial charge is 0.343 e. The number of methoxy groups -OCH3 is 1. The summed E-state index contributed by atoms with van der Waals surface area (Å²) in [6.07, 6.45) is 2.60. The van der Waals surface area contributed by atoms with Gasteiger partial charge < -0.3 is 14.1 Å². The number of fused-ring (bicyclic) bond motifs is 1. The number of nitrogens with zero attached hydrogens (tertiary/aromatic N) is 1. The number of ether oxygens (including phenoxy) is 1. The molecule has 0 bridgehead atoms. The molecule has 0 atom stereocenters. The van der Waals surface area contributed by atoms with Crippen molar-refractivity contribution in [1.29, 1.82) is 0 Å². The van der Waals surface area contributed by atoms with Crippen LogP contribution in [0.1, 0.15) is 19.4 Å². The Kier molecular flexibility index (Phi) is 4.99. The fourth-order valence-corrected chi connectivity index (χ4v) is 2.24. The SMILES string of the molecule is CCN(CC)c1ccc2cc(/C=C/C(=O)OC)c(=O)oc2c1. The Labute approximate surface area is 128 Å². The van der Waals surface area contributed by atoms with Crippen molar-refractivity contribution in [2.45, 2.75) is 13.8 Å². The van der Waals surface area contributed by atoms with Crippen LogP contribution in [0.5, 0.6) is 0 Å². The van der Waals surface area contributed by atoms with Gasteiger partial charge in [-0.2, -0.15) is 0 Å². The first-order valence-electron chi connectivity index (χ1n) is 7.18. The summed E-state index contributed by atoms with van der Waals surface area (Å²) < 4.78 is 9.86. The Morgan fingerprint density at radius 2 is 2.00 bits per heavy atom. The molecule has 1 aromatic heterocycles. The maximum atomic E-state index is 12.0. The van der Waals surface area contributed by atoms with Crippen LogP contribution in [0.4, 0.5) is 5.69 Å². The van der Waals surface area contributed by atoms with E-state index in [2.05, 4.69) is 23.5 Å². The lowest BCUT2D eigenvalue weighted by Gasteiger charge is -2.20. The lowest BCUT2D eigenvalue weighted by atomic mass is 10.1. The first kappa shape index (κ1) is 15.8. The van der Waals surface area contributed by atoms with Crippen LogP contribution in [0.25, 0.3) is 17.0 Å². The molecule has 2 rings (SSSR count). The van der Waals surface area contributed by atoms with Gasteiger partial charge in [-0.1, -0.05) is 0 Å². The molecule has 0 fully saturated rings. The van der Waals surface area contributed by atoms with E-state index in [1.165, 1.54) is 19.3 Å². The van der Waals surface area contributed by atoms with Crippen LogP contribution in [-0.4, -0.2) is 26.2 Å². The highest BCUT2D eigenvalue weighted by Gasteiger charge is 2.07. The second kappa shape index (κ2) is 6.93. The van der Waals surface area contributed by atoms with Crippen LogP contribution in [-0.2, 0) is 9.53 Å². The van der Waals surface area contributed by atoms with Crippen LogP contribution in [0, 0.1) is 0 Å². The summed E-state index contributed by atoms with van der Waals surface area (Å²) in [6, 6.07) is 7.45. The monoisotopic (exact) mass is 301 g/mol. The van der Waals surface area contributed by atoms with Crippen molar-refractivity contribution in [2.24, 2.45) is 0 Å². The average Bonchev–Trinajstić information content (AvgIpc) is 2.53. The molecule has 22 heavy (non-hydrogen) atoms. The number of anilines is 1. The normalized spacial score (nSPS) is 11.0. The molecule has 2 aromatic rings. The van der Waals surface area contributed by atoms with Crippen LogP contribution in [0.15, 0.2) is 39.6 Å². The van der Waals surface area contributed by atoms with Gasteiger partial charge in [-0.3, -0.25) is 0 Å². The maximum Gasteiger partial charge on any atom is 0.343 e. The molecule has 0 amide bonds. The van der Waals surface area contributed by atoms with Crippen LogP contribution < -0.4 is 10.5 Å². The zero-order valence-electron chi connectivity index (χ0n) is 13.0. The van der Waals surface area contributed by atoms with Crippen molar-refractivity contribution in [1.82, 2.24) is 0 Å². The van der Waals surface area contributed by atoms with Gasteiger partial charge >= 0.3 is 11.6 Å². The predicted octanol–water partition coefficient (Wildman–Crippen LogP) is 2.83. The fourth-order valence-electron chi connectivity index (χ4n) is 2.24. The third-order valence-electron chi connectivity index (χ3n) is 3.48. The van der Waals surface area contributed by atoms with Gasteiger partial charge in [0, 0.05) is 36.3 Å². The Morgan fingerprint density at radius 3 is 2.64 bits per heavy atom. The number of carbonyl (C=O) groups excluding carboxylic acids is 1. The van der Waals surface area contributed by atoms with Crippen molar-refractivity contribution in [3.8, 4) is 0 Å². The lowest BCUT2D eigenvalue weighted by molar-refractivity contribution is -0.134. The highest BCUT2D eigenvalue weighted by molar-refractivity contribution is 5.88. The summed E-state index contributed by atoms with van der Waals surface area (Å²) in [4.78, 5) is 25.2. The van der Waals surface area contributed by atoms with Crippen molar-refractivity contribution in [2.75, 3.05) is 25.1 Å².